The molecule has 2 aromatic carbocycles. The highest BCUT2D eigenvalue weighted by Gasteiger charge is 2.36. The topological polar surface area (TPSA) is 64.2 Å². The molecule has 0 bridgehead atoms. The molecule has 0 saturated heterocycles. The van der Waals surface area contributed by atoms with Crippen LogP contribution in [0.25, 0.3) is 22.3 Å². The minimum atomic E-state index is -1.78. The summed E-state index contributed by atoms with van der Waals surface area (Å²) in [6.07, 6.45) is 0. The third-order valence-corrected chi connectivity index (χ3v) is 11.2. The van der Waals surface area contributed by atoms with Crippen LogP contribution in [0, 0.1) is 13.8 Å². The van der Waals surface area contributed by atoms with E-state index in [1.165, 1.54) is 0 Å². The minimum Gasteiger partial charge on any atom is -0.491 e. The zero-order chi connectivity index (χ0) is 23.0. The number of aryl methyl sites for hydroxylation is 2. The van der Waals surface area contributed by atoms with Gasteiger partial charge in [0.2, 0.25) is 0 Å². The Morgan fingerprint density at radius 3 is 2.35 bits per heavy atom. The van der Waals surface area contributed by atoms with Crippen molar-refractivity contribution < 1.29 is 9.16 Å². The van der Waals surface area contributed by atoms with Crippen molar-refractivity contribution in [3.63, 3.8) is 0 Å². The van der Waals surface area contributed by atoms with Crippen LogP contribution in [0.15, 0.2) is 39.6 Å². The number of nitrogens with zero attached hydrogens (tertiary/aromatic N) is 1. The number of ether oxygens (including phenoxy) is 1. The van der Waals surface area contributed by atoms with Crippen LogP contribution < -0.4 is 10.3 Å². The largest absolute Gasteiger partial charge is 0.491 e. The van der Waals surface area contributed by atoms with E-state index in [1.54, 1.807) is 6.07 Å². The van der Waals surface area contributed by atoms with Gasteiger partial charge >= 0.3 is 0 Å². The second-order valence-corrected chi connectivity index (χ2v) is 15.1. The number of H-pyrrole nitrogens is 1. The summed E-state index contributed by atoms with van der Waals surface area (Å²) < 4.78 is 13.1. The molecule has 7 heteroatoms. The molecule has 0 spiro atoms. The standard InChI is InChI=1S/C24H31BrN2O3Si/c1-15-13-17(22-26-20-18(23(28)27-22)9-8-10-19(20)25)14-16(2)21(15)29-11-12-30-31(6,7)24(3,4)5/h8-10,13-14H,11-12H2,1-7H3,(H,26,27,28). The molecule has 0 radical (unpaired) electrons. The first-order valence-electron chi connectivity index (χ1n) is 10.5. The van der Waals surface area contributed by atoms with Crippen LogP contribution in [0.2, 0.25) is 18.1 Å². The van der Waals surface area contributed by atoms with Gasteiger partial charge in [-0.25, -0.2) is 4.98 Å². The number of hydrogen-bond donors (Lipinski definition) is 1. The predicted molar refractivity (Wildman–Crippen MR) is 134 cm³/mol. The molecule has 1 N–H and O–H groups in total. The zero-order valence-electron chi connectivity index (χ0n) is 19.4. The number of aromatic nitrogens is 2. The van der Waals surface area contributed by atoms with Crippen molar-refractivity contribution in [2.24, 2.45) is 0 Å². The smallest absolute Gasteiger partial charge is 0.259 e. The Balaban J connectivity index is 1.81. The highest BCUT2D eigenvalue weighted by atomic mass is 79.9. The van der Waals surface area contributed by atoms with E-state index < -0.39 is 8.32 Å². The van der Waals surface area contributed by atoms with Crippen LogP contribution in [0.5, 0.6) is 5.75 Å². The molecule has 3 rings (SSSR count). The quantitative estimate of drug-likeness (QED) is 0.314. The molecule has 0 aliphatic rings. The molecule has 0 saturated carbocycles. The molecule has 0 aliphatic carbocycles. The summed E-state index contributed by atoms with van der Waals surface area (Å²) in [4.78, 5) is 20.1. The summed E-state index contributed by atoms with van der Waals surface area (Å²) in [6, 6.07) is 9.49. The summed E-state index contributed by atoms with van der Waals surface area (Å²) in [6.45, 7) is 16.3. The number of hydrogen-bond acceptors (Lipinski definition) is 4. The molecular formula is C24H31BrN2O3Si. The molecule has 0 aliphatic heterocycles. The fraction of sp³-hybridized carbons (Fsp3) is 0.417. The SMILES string of the molecule is Cc1cc(-c2nc3c(Br)cccc3c(=O)[nH]2)cc(C)c1OCCO[Si](C)(C)C(C)(C)C. The molecule has 166 valence electrons. The lowest BCUT2D eigenvalue weighted by molar-refractivity contribution is 0.202. The fourth-order valence-corrected chi connectivity index (χ4v) is 4.72. The monoisotopic (exact) mass is 502 g/mol. The van der Waals surface area contributed by atoms with Crippen LogP contribution in [-0.4, -0.2) is 31.5 Å². The lowest BCUT2D eigenvalue weighted by Crippen LogP contribution is -2.41. The maximum Gasteiger partial charge on any atom is 0.259 e. The number of para-hydroxylation sites is 1. The highest BCUT2D eigenvalue weighted by Crippen LogP contribution is 2.36. The van der Waals surface area contributed by atoms with Crippen molar-refractivity contribution in [3.05, 3.63) is 56.3 Å². The number of aromatic amines is 1. The molecule has 1 aromatic heterocycles. The average Bonchev–Trinajstić information content (AvgIpc) is 2.66. The zero-order valence-corrected chi connectivity index (χ0v) is 21.9. The number of nitrogens with one attached hydrogen (secondary N) is 1. The maximum atomic E-state index is 12.5. The minimum absolute atomic E-state index is 0.153. The molecule has 3 aromatic rings. The Morgan fingerprint density at radius 2 is 1.74 bits per heavy atom. The van der Waals surface area contributed by atoms with Gasteiger partial charge < -0.3 is 14.1 Å². The van der Waals surface area contributed by atoms with Crippen molar-refractivity contribution in [1.82, 2.24) is 9.97 Å². The van der Waals surface area contributed by atoms with Crippen molar-refractivity contribution >= 4 is 35.2 Å². The molecule has 0 fully saturated rings. The molecule has 0 amide bonds. The molecule has 31 heavy (non-hydrogen) atoms. The van der Waals surface area contributed by atoms with Gasteiger partial charge in [-0.3, -0.25) is 4.79 Å². The van der Waals surface area contributed by atoms with Crippen molar-refractivity contribution in [2.75, 3.05) is 13.2 Å². The number of benzene rings is 2. The fourth-order valence-electron chi connectivity index (χ4n) is 3.24. The Labute approximate surface area is 193 Å². The van der Waals surface area contributed by atoms with Crippen molar-refractivity contribution in [1.29, 1.82) is 0 Å². The van der Waals surface area contributed by atoms with Gasteiger partial charge in [0.25, 0.3) is 5.56 Å². The van der Waals surface area contributed by atoms with E-state index >= 15 is 0 Å². The van der Waals surface area contributed by atoms with Crippen LogP contribution >= 0.6 is 15.9 Å². The summed E-state index contributed by atoms with van der Waals surface area (Å²) in [5.74, 6) is 1.40. The van der Waals surface area contributed by atoms with Gasteiger partial charge in [-0.2, -0.15) is 0 Å². The Morgan fingerprint density at radius 1 is 1.10 bits per heavy atom. The molecule has 0 atom stereocenters. The van der Waals surface area contributed by atoms with Gasteiger partial charge in [0.1, 0.15) is 18.2 Å². The van der Waals surface area contributed by atoms with Gasteiger partial charge in [-0.15, -0.1) is 0 Å². The highest BCUT2D eigenvalue weighted by molar-refractivity contribution is 9.10. The lowest BCUT2D eigenvalue weighted by atomic mass is 10.0. The number of rotatable bonds is 6. The van der Waals surface area contributed by atoms with E-state index in [0.717, 1.165) is 26.9 Å². The van der Waals surface area contributed by atoms with Gasteiger partial charge in [0.15, 0.2) is 8.32 Å². The maximum absolute atomic E-state index is 12.5. The third-order valence-electron chi connectivity index (χ3n) is 6.02. The molecule has 1 heterocycles. The summed E-state index contributed by atoms with van der Waals surface area (Å²) in [5.41, 5.74) is 3.35. The first kappa shape index (κ1) is 23.7. The van der Waals surface area contributed by atoms with Crippen LogP contribution in [-0.2, 0) is 4.43 Å². The second-order valence-electron chi connectivity index (χ2n) is 9.45. The van der Waals surface area contributed by atoms with E-state index in [4.69, 9.17) is 9.16 Å². The van der Waals surface area contributed by atoms with Gasteiger partial charge in [-0.1, -0.05) is 26.8 Å². The first-order chi connectivity index (χ1) is 14.4. The Kier molecular flexibility index (Phi) is 6.79. The van der Waals surface area contributed by atoms with E-state index in [9.17, 15) is 4.79 Å². The Hall–Kier alpha value is -1.96. The number of fused-ring (bicyclic) bond motifs is 1. The summed E-state index contributed by atoms with van der Waals surface area (Å²) >= 11 is 3.50. The molecule has 0 unspecified atom stereocenters. The van der Waals surface area contributed by atoms with Gasteiger partial charge in [0, 0.05) is 10.0 Å². The lowest BCUT2D eigenvalue weighted by Gasteiger charge is -2.36. The molecular weight excluding hydrogens is 472 g/mol. The van der Waals surface area contributed by atoms with Gasteiger partial charge in [-0.05, 0) is 83.3 Å². The van der Waals surface area contributed by atoms with Crippen LogP contribution in [0.3, 0.4) is 0 Å². The van der Waals surface area contributed by atoms with Crippen LogP contribution in [0.1, 0.15) is 31.9 Å². The Bertz CT molecular complexity index is 1140. The predicted octanol–water partition coefficient (Wildman–Crippen LogP) is 6.37. The van der Waals surface area contributed by atoms with E-state index in [2.05, 4.69) is 59.8 Å². The first-order valence-corrected chi connectivity index (χ1v) is 14.2. The van der Waals surface area contributed by atoms with Crippen molar-refractivity contribution in [2.45, 2.75) is 52.8 Å². The second kappa shape index (κ2) is 8.88. The van der Waals surface area contributed by atoms with E-state index in [-0.39, 0.29) is 10.6 Å². The summed E-state index contributed by atoms with van der Waals surface area (Å²) in [5, 5.41) is 0.743. The van der Waals surface area contributed by atoms with Crippen LogP contribution in [0.4, 0.5) is 0 Å². The average molecular weight is 504 g/mol. The van der Waals surface area contributed by atoms with E-state index in [0.29, 0.717) is 29.9 Å². The number of halogens is 1. The summed E-state index contributed by atoms with van der Waals surface area (Å²) in [7, 11) is -1.78. The normalized spacial score (nSPS) is 12.4. The van der Waals surface area contributed by atoms with Gasteiger partial charge in [0.05, 0.1) is 17.5 Å². The van der Waals surface area contributed by atoms with Crippen molar-refractivity contribution in [3.8, 4) is 17.1 Å². The molecule has 5 nitrogen and oxygen atoms in total. The van der Waals surface area contributed by atoms with E-state index in [1.807, 2.05) is 38.1 Å². The third kappa shape index (κ3) is 5.10.